The van der Waals surface area contributed by atoms with E-state index in [1.165, 1.54) is 37.1 Å². The predicted molar refractivity (Wildman–Crippen MR) is 62.6 cm³/mol. The molecule has 1 heterocycles. The minimum absolute atomic E-state index is 0.581. The summed E-state index contributed by atoms with van der Waals surface area (Å²) in [6, 6.07) is 4.33. The van der Waals surface area contributed by atoms with Crippen molar-refractivity contribution in [1.82, 2.24) is 5.32 Å². The Hall–Kier alpha value is -0.340. The van der Waals surface area contributed by atoms with E-state index in [4.69, 9.17) is 0 Å². The van der Waals surface area contributed by atoms with Crippen LogP contribution in [0.25, 0.3) is 0 Å². The Labute approximate surface area is 90.5 Å². The van der Waals surface area contributed by atoms with Crippen molar-refractivity contribution in [3.8, 4) is 0 Å². The first kappa shape index (κ1) is 10.2. The Morgan fingerprint density at radius 1 is 1.43 bits per heavy atom. The Kier molecular flexibility index (Phi) is 3.24. The zero-order valence-corrected chi connectivity index (χ0v) is 9.70. The quantitative estimate of drug-likeness (QED) is 0.801. The molecule has 0 radical (unpaired) electrons. The molecule has 1 saturated carbocycles. The van der Waals surface area contributed by atoms with Crippen LogP contribution in [-0.4, -0.2) is 6.54 Å². The molecule has 0 atom stereocenters. The van der Waals surface area contributed by atoms with Gasteiger partial charge in [-0.05, 0) is 29.7 Å². The highest BCUT2D eigenvalue weighted by molar-refractivity contribution is 7.09. The molecule has 0 amide bonds. The SMILES string of the molecule is CC1(CNCc2cccs2)CCCC1. The predicted octanol–water partition coefficient (Wildman–Crippen LogP) is 3.42. The van der Waals surface area contributed by atoms with Crippen LogP contribution in [0.1, 0.15) is 37.5 Å². The Morgan fingerprint density at radius 3 is 2.86 bits per heavy atom. The van der Waals surface area contributed by atoms with Crippen molar-refractivity contribution in [2.45, 2.75) is 39.2 Å². The summed E-state index contributed by atoms with van der Waals surface area (Å²) in [7, 11) is 0. The highest BCUT2D eigenvalue weighted by atomic mass is 32.1. The van der Waals surface area contributed by atoms with E-state index < -0.39 is 0 Å². The molecule has 0 bridgehead atoms. The fourth-order valence-corrected chi connectivity index (χ4v) is 2.98. The lowest BCUT2D eigenvalue weighted by atomic mass is 9.89. The summed E-state index contributed by atoms with van der Waals surface area (Å²) < 4.78 is 0. The van der Waals surface area contributed by atoms with Gasteiger partial charge >= 0.3 is 0 Å². The van der Waals surface area contributed by atoms with Gasteiger partial charge in [0.05, 0.1) is 0 Å². The van der Waals surface area contributed by atoms with Crippen LogP contribution in [0.4, 0.5) is 0 Å². The van der Waals surface area contributed by atoms with Gasteiger partial charge in [-0.3, -0.25) is 0 Å². The second-order valence-corrected chi connectivity index (χ2v) is 5.73. The number of rotatable bonds is 4. The summed E-state index contributed by atoms with van der Waals surface area (Å²) in [5.74, 6) is 0. The van der Waals surface area contributed by atoms with Crippen LogP contribution >= 0.6 is 11.3 Å². The van der Waals surface area contributed by atoms with Gasteiger partial charge in [0.1, 0.15) is 0 Å². The first-order chi connectivity index (χ1) is 6.79. The van der Waals surface area contributed by atoms with Gasteiger partial charge in [-0.25, -0.2) is 0 Å². The molecule has 1 nitrogen and oxygen atoms in total. The molecule has 1 aliphatic rings. The van der Waals surface area contributed by atoms with E-state index in [-0.39, 0.29) is 0 Å². The fourth-order valence-electron chi connectivity index (χ4n) is 2.31. The van der Waals surface area contributed by atoms with Crippen molar-refractivity contribution in [2.75, 3.05) is 6.54 Å². The molecule has 0 spiro atoms. The first-order valence-electron chi connectivity index (χ1n) is 5.52. The van der Waals surface area contributed by atoms with Crippen molar-refractivity contribution in [2.24, 2.45) is 5.41 Å². The molecule has 2 heteroatoms. The summed E-state index contributed by atoms with van der Waals surface area (Å²) in [6.45, 7) is 4.65. The molecule has 1 fully saturated rings. The molecule has 78 valence electrons. The van der Waals surface area contributed by atoms with E-state index in [0.717, 1.165) is 6.54 Å². The van der Waals surface area contributed by atoms with Crippen LogP contribution in [0.2, 0.25) is 0 Å². The van der Waals surface area contributed by atoms with E-state index in [1.807, 2.05) is 11.3 Å². The third-order valence-electron chi connectivity index (χ3n) is 3.24. The normalized spacial score (nSPS) is 20.1. The molecule has 1 N–H and O–H groups in total. The summed E-state index contributed by atoms with van der Waals surface area (Å²) in [4.78, 5) is 1.45. The number of nitrogens with one attached hydrogen (secondary N) is 1. The molecule has 1 aliphatic carbocycles. The smallest absolute Gasteiger partial charge is 0.0299 e. The number of hydrogen-bond donors (Lipinski definition) is 1. The molecular weight excluding hydrogens is 190 g/mol. The largest absolute Gasteiger partial charge is 0.311 e. The topological polar surface area (TPSA) is 12.0 Å². The summed E-state index contributed by atoms with van der Waals surface area (Å²) in [5, 5.41) is 5.73. The zero-order valence-electron chi connectivity index (χ0n) is 8.88. The molecular formula is C12H19NS. The van der Waals surface area contributed by atoms with E-state index >= 15 is 0 Å². The Morgan fingerprint density at radius 2 is 2.21 bits per heavy atom. The highest BCUT2D eigenvalue weighted by Gasteiger charge is 2.27. The van der Waals surface area contributed by atoms with Crippen LogP contribution in [0, 0.1) is 5.41 Å². The summed E-state index contributed by atoms with van der Waals surface area (Å²) in [6.07, 6.45) is 5.67. The zero-order chi connectivity index (χ0) is 9.86. The van der Waals surface area contributed by atoms with Gasteiger partial charge in [0, 0.05) is 18.0 Å². The molecule has 14 heavy (non-hydrogen) atoms. The van der Waals surface area contributed by atoms with Crippen LogP contribution in [0.5, 0.6) is 0 Å². The number of thiophene rings is 1. The van der Waals surface area contributed by atoms with Crippen molar-refractivity contribution in [1.29, 1.82) is 0 Å². The van der Waals surface area contributed by atoms with Gasteiger partial charge in [0.25, 0.3) is 0 Å². The molecule has 2 rings (SSSR count). The van der Waals surface area contributed by atoms with E-state index in [2.05, 4.69) is 29.8 Å². The highest BCUT2D eigenvalue weighted by Crippen LogP contribution is 2.36. The molecule has 1 aromatic heterocycles. The molecule has 1 aromatic rings. The average Bonchev–Trinajstić information content (AvgIpc) is 2.77. The van der Waals surface area contributed by atoms with Crippen molar-refractivity contribution in [3.05, 3.63) is 22.4 Å². The molecule has 0 aromatic carbocycles. The Bertz CT molecular complexity index is 260. The lowest BCUT2D eigenvalue weighted by Gasteiger charge is -2.23. The maximum absolute atomic E-state index is 3.58. The monoisotopic (exact) mass is 209 g/mol. The second kappa shape index (κ2) is 4.45. The van der Waals surface area contributed by atoms with Gasteiger partial charge in [-0.2, -0.15) is 0 Å². The lowest BCUT2D eigenvalue weighted by molar-refractivity contribution is 0.315. The van der Waals surface area contributed by atoms with Gasteiger partial charge in [0.15, 0.2) is 0 Å². The first-order valence-corrected chi connectivity index (χ1v) is 6.40. The average molecular weight is 209 g/mol. The second-order valence-electron chi connectivity index (χ2n) is 4.70. The Balaban J connectivity index is 1.72. The van der Waals surface area contributed by atoms with Gasteiger partial charge in [-0.15, -0.1) is 11.3 Å². The minimum Gasteiger partial charge on any atom is -0.311 e. The fraction of sp³-hybridized carbons (Fsp3) is 0.667. The third kappa shape index (κ3) is 2.58. The van der Waals surface area contributed by atoms with Crippen molar-refractivity contribution in [3.63, 3.8) is 0 Å². The molecule has 0 unspecified atom stereocenters. The van der Waals surface area contributed by atoms with Gasteiger partial charge in [-0.1, -0.05) is 25.8 Å². The van der Waals surface area contributed by atoms with E-state index in [0.29, 0.717) is 5.41 Å². The van der Waals surface area contributed by atoms with E-state index in [1.54, 1.807) is 0 Å². The van der Waals surface area contributed by atoms with Gasteiger partial charge in [0.2, 0.25) is 0 Å². The standard InChI is InChI=1S/C12H19NS/c1-12(6-2-3-7-12)10-13-9-11-5-4-8-14-11/h4-5,8,13H,2-3,6-7,9-10H2,1H3. The molecule has 0 aliphatic heterocycles. The molecule has 0 saturated heterocycles. The third-order valence-corrected chi connectivity index (χ3v) is 4.12. The summed E-state index contributed by atoms with van der Waals surface area (Å²) >= 11 is 1.84. The lowest BCUT2D eigenvalue weighted by Crippen LogP contribution is -2.28. The maximum atomic E-state index is 3.58. The number of hydrogen-bond acceptors (Lipinski definition) is 2. The summed E-state index contributed by atoms with van der Waals surface area (Å²) in [5.41, 5.74) is 0.581. The van der Waals surface area contributed by atoms with Crippen LogP contribution in [-0.2, 0) is 6.54 Å². The van der Waals surface area contributed by atoms with Gasteiger partial charge < -0.3 is 5.32 Å². The van der Waals surface area contributed by atoms with Crippen LogP contribution < -0.4 is 5.32 Å². The minimum atomic E-state index is 0.581. The van der Waals surface area contributed by atoms with E-state index in [9.17, 15) is 0 Å². The maximum Gasteiger partial charge on any atom is 0.0299 e. The van der Waals surface area contributed by atoms with Crippen molar-refractivity contribution >= 4 is 11.3 Å². The van der Waals surface area contributed by atoms with Crippen LogP contribution in [0.15, 0.2) is 17.5 Å². The van der Waals surface area contributed by atoms with Crippen molar-refractivity contribution < 1.29 is 0 Å². The van der Waals surface area contributed by atoms with Crippen LogP contribution in [0.3, 0.4) is 0 Å².